The van der Waals surface area contributed by atoms with Gasteiger partial charge in [-0.05, 0) is 18.2 Å². The highest BCUT2D eigenvalue weighted by Gasteiger charge is 2.58. The largest absolute Gasteiger partial charge is 0.504 e. The van der Waals surface area contributed by atoms with Crippen LogP contribution in [0.25, 0.3) is 0 Å². The standard InChI is InChI=1S/C20H28O14/c1-30-10-4-8(2-3-9(10)23)18(29)31-6-12-13(24)15(26)16(27)19(32-12)34-20(7-22)17(28)14(25)11(5-21)33-20/h2-4,11-17,19,21-28H,5-7H2,1H3/t11-,12+,13+,14-,15-,16+,17+,19+,20+/m0/s1. The second-order valence-electron chi connectivity index (χ2n) is 7.86. The average molecular weight is 492 g/mol. The van der Waals surface area contributed by atoms with Gasteiger partial charge in [0.15, 0.2) is 17.8 Å². The van der Waals surface area contributed by atoms with Crippen LogP contribution in [0.5, 0.6) is 11.5 Å². The molecule has 34 heavy (non-hydrogen) atoms. The fraction of sp³-hybridized carbons (Fsp3) is 0.650. The molecule has 0 aromatic heterocycles. The van der Waals surface area contributed by atoms with Crippen molar-refractivity contribution >= 4 is 5.97 Å². The quantitative estimate of drug-likeness (QED) is 0.163. The molecule has 0 bridgehead atoms. The zero-order valence-corrected chi connectivity index (χ0v) is 18.0. The molecule has 14 nitrogen and oxygen atoms in total. The molecule has 9 atom stereocenters. The first-order valence-electron chi connectivity index (χ1n) is 10.3. The van der Waals surface area contributed by atoms with Crippen molar-refractivity contribution < 1.29 is 69.3 Å². The van der Waals surface area contributed by atoms with E-state index in [1.807, 2.05) is 0 Å². The number of hydrogen-bond donors (Lipinski definition) is 8. The minimum atomic E-state index is -2.33. The first kappa shape index (κ1) is 26.5. The van der Waals surface area contributed by atoms with Crippen molar-refractivity contribution in [2.45, 2.75) is 54.8 Å². The third-order valence-electron chi connectivity index (χ3n) is 5.68. The molecule has 1 aromatic carbocycles. The lowest BCUT2D eigenvalue weighted by molar-refractivity contribution is -0.383. The molecule has 0 aliphatic carbocycles. The van der Waals surface area contributed by atoms with Crippen LogP contribution < -0.4 is 4.74 Å². The summed E-state index contributed by atoms with van der Waals surface area (Å²) in [5.41, 5.74) is -0.000855. The van der Waals surface area contributed by atoms with E-state index >= 15 is 0 Å². The molecule has 0 spiro atoms. The summed E-state index contributed by atoms with van der Waals surface area (Å²) in [6, 6.07) is 3.68. The van der Waals surface area contributed by atoms with Crippen LogP contribution in [-0.4, -0.2) is 129 Å². The molecule has 2 aliphatic rings. The van der Waals surface area contributed by atoms with Crippen LogP contribution in [-0.2, 0) is 18.9 Å². The molecule has 1 aromatic rings. The van der Waals surface area contributed by atoms with E-state index in [0.717, 1.165) is 0 Å². The number of carbonyl (C=O) groups is 1. The Morgan fingerprint density at radius 1 is 1.03 bits per heavy atom. The Labute approximate surface area is 193 Å². The van der Waals surface area contributed by atoms with Crippen molar-refractivity contribution in [3.63, 3.8) is 0 Å². The van der Waals surface area contributed by atoms with Crippen molar-refractivity contribution in [2.24, 2.45) is 0 Å². The fourth-order valence-electron chi connectivity index (χ4n) is 3.66. The van der Waals surface area contributed by atoms with Crippen LogP contribution in [0.3, 0.4) is 0 Å². The number of aliphatic hydroxyl groups excluding tert-OH is 7. The van der Waals surface area contributed by atoms with E-state index in [0.29, 0.717) is 0 Å². The van der Waals surface area contributed by atoms with Crippen molar-refractivity contribution in [3.8, 4) is 11.5 Å². The number of phenolic OH excluding ortho intramolecular Hbond substituents is 1. The molecular formula is C20H28O14. The highest BCUT2D eigenvalue weighted by Crippen LogP contribution is 2.36. The van der Waals surface area contributed by atoms with Gasteiger partial charge in [0.2, 0.25) is 5.79 Å². The van der Waals surface area contributed by atoms with Crippen LogP contribution in [0, 0.1) is 0 Å². The molecular weight excluding hydrogens is 464 g/mol. The monoisotopic (exact) mass is 492 g/mol. The van der Waals surface area contributed by atoms with Crippen molar-refractivity contribution in [1.82, 2.24) is 0 Å². The first-order chi connectivity index (χ1) is 16.1. The van der Waals surface area contributed by atoms with E-state index in [9.17, 15) is 45.6 Å². The van der Waals surface area contributed by atoms with Gasteiger partial charge in [0.25, 0.3) is 0 Å². The molecule has 2 saturated heterocycles. The number of ether oxygens (including phenoxy) is 5. The lowest BCUT2D eigenvalue weighted by Gasteiger charge is -2.43. The van der Waals surface area contributed by atoms with E-state index in [1.165, 1.54) is 25.3 Å². The summed E-state index contributed by atoms with van der Waals surface area (Å²) < 4.78 is 26.0. The van der Waals surface area contributed by atoms with E-state index in [4.69, 9.17) is 23.7 Å². The number of benzene rings is 1. The smallest absolute Gasteiger partial charge is 0.338 e. The van der Waals surface area contributed by atoms with Crippen LogP contribution in [0.1, 0.15) is 10.4 Å². The maximum absolute atomic E-state index is 12.3. The van der Waals surface area contributed by atoms with Gasteiger partial charge in [-0.3, -0.25) is 0 Å². The summed E-state index contributed by atoms with van der Waals surface area (Å²) in [6.45, 7) is -2.38. The molecule has 192 valence electrons. The molecule has 2 fully saturated rings. The summed E-state index contributed by atoms with van der Waals surface area (Å²) >= 11 is 0. The van der Waals surface area contributed by atoms with Gasteiger partial charge < -0.3 is 64.5 Å². The van der Waals surface area contributed by atoms with Gasteiger partial charge in [0.05, 0.1) is 19.3 Å². The number of carbonyl (C=O) groups excluding carboxylic acids is 1. The third kappa shape index (κ3) is 4.96. The number of hydrogen-bond acceptors (Lipinski definition) is 14. The predicted molar refractivity (Wildman–Crippen MR) is 106 cm³/mol. The molecule has 2 heterocycles. The lowest BCUT2D eigenvalue weighted by atomic mass is 9.99. The second kappa shape index (κ2) is 10.7. The SMILES string of the molecule is COc1cc(C(=O)OC[C@H]2O[C@H](O[C@@]3(CO)O[C@@H](CO)[C@H](O)[C@H]3O)[C@H](O)[C@@H](O)[C@@H]2O)ccc1O. The van der Waals surface area contributed by atoms with Crippen LogP contribution >= 0.6 is 0 Å². The number of aliphatic hydroxyl groups is 7. The molecule has 0 saturated carbocycles. The van der Waals surface area contributed by atoms with Gasteiger partial charge in [-0.2, -0.15) is 0 Å². The van der Waals surface area contributed by atoms with E-state index in [1.54, 1.807) is 0 Å². The summed E-state index contributed by atoms with van der Waals surface area (Å²) in [5, 5.41) is 79.6. The second-order valence-corrected chi connectivity index (χ2v) is 7.86. The Kier molecular flexibility index (Phi) is 8.30. The van der Waals surface area contributed by atoms with Crippen molar-refractivity contribution in [3.05, 3.63) is 23.8 Å². The minimum absolute atomic E-state index is 0.000855. The van der Waals surface area contributed by atoms with Gasteiger partial charge in [-0.1, -0.05) is 0 Å². The maximum Gasteiger partial charge on any atom is 0.338 e. The Morgan fingerprint density at radius 2 is 1.74 bits per heavy atom. The maximum atomic E-state index is 12.3. The first-order valence-corrected chi connectivity index (χ1v) is 10.3. The summed E-state index contributed by atoms with van der Waals surface area (Å²) in [4.78, 5) is 12.3. The molecule has 8 N–H and O–H groups in total. The van der Waals surface area contributed by atoms with E-state index in [2.05, 4.69) is 0 Å². The Morgan fingerprint density at radius 3 is 2.32 bits per heavy atom. The fourth-order valence-corrected chi connectivity index (χ4v) is 3.66. The number of rotatable bonds is 8. The van der Waals surface area contributed by atoms with Crippen LogP contribution in [0.15, 0.2) is 18.2 Å². The highest BCUT2D eigenvalue weighted by molar-refractivity contribution is 5.90. The predicted octanol–water partition coefficient (Wildman–Crippen LogP) is -3.82. The van der Waals surface area contributed by atoms with Crippen LogP contribution in [0.4, 0.5) is 0 Å². The number of aromatic hydroxyl groups is 1. The summed E-state index contributed by atoms with van der Waals surface area (Å²) in [7, 11) is 1.29. The zero-order valence-electron chi connectivity index (χ0n) is 18.0. The number of methoxy groups -OCH3 is 1. The van der Waals surface area contributed by atoms with Gasteiger partial charge in [0, 0.05) is 0 Å². The topological polar surface area (TPSA) is 225 Å². The Balaban J connectivity index is 1.70. The van der Waals surface area contributed by atoms with Gasteiger partial charge >= 0.3 is 5.97 Å². The molecule has 0 amide bonds. The Hall–Kier alpha value is -2.11. The zero-order chi connectivity index (χ0) is 25.2. The van der Waals surface area contributed by atoms with Gasteiger partial charge in [0.1, 0.15) is 55.9 Å². The van der Waals surface area contributed by atoms with E-state index < -0.39 is 80.6 Å². The van der Waals surface area contributed by atoms with Crippen LogP contribution in [0.2, 0.25) is 0 Å². The minimum Gasteiger partial charge on any atom is -0.504 e. The molecule has 14 heteroatoms. The van der Waals surface area contributed by atoms with E-state index in [-0.39, 0.29) is 17.1 Å². The highest BCUT2D eigenvalue weighted by atomic mass is 16.8. The lowest BCUT2D eigenvalue weighted by Crippen LogP contribution is -2.62. The third-order valence-corrected chi connectivity index (χ3v) is 5.68. The molecule has 3 rings (SSSR count). The van der Waals surface area contributed by atoms with Gasteiger partial charge in [-0.15, -0.1) is 0 Å². The number of esters is 1. The Bertz CT molecular complexity index is 851. The average Bonchev–Trinajstić information content (AvgIpc) is 3.08. The molecule has 0 radical (unpaired) electrons. The van der Waals surface area contributed by atoms with Crippen molar-refractivity contribution in [1.29, 1.82) is 0 Å². The van der Waals surface area contributed by atoms with Gasteiger partial charge in [-0.25, -0.2) is 4.79 Å². The normalized spacial score (nSPS) is 38.0. The summed E-state index contributed by atoms with van der Waals surface area (Å²) in [6.07, 6.45) is -13.6. The number of phenols is 1. The molecule has 0 unspecified atom stereocenters. The molecule has 2 aliphatic heterocycles. The van der Waals surface area contributed by atoms with Crippen molar-refractivity contribution in [2.75, 3.05) is 26.9 Å². The summed E-state index contributed by atoms with van der Waals surface area (Å²) in [5.74, 6) is -3.40.